The minimum absolute atomic E-state index is 0.0477. The van der Waals surface area contributed by atoms with Crippen LogP contribution in [0.1, 0.15) is 31.2 Å². The smallest absolute Gasteiger partial charge is 0.324 e. The fourth-order valence-electron chi connectivity index (χ4n) is 3.40. The van der Waals surface area contributed by atoms with Gasteiger partial charge >= 0.3 is 6.03 Å². The van der Waals surface area contributed by atoms with Crippen LogP contribution in [0.25, 0.3) is 0 Å². The molecular weight excluding hydrogens is 295 g/mol. The lowest BCUT2D eigenvalue weighted by molar-refractivity contribution is -0.125. The number of imide groups is 1. The maximum absolute atomic E-state index is 13.3. The van der Waals surface area contributed by atoms with Crippen LogP contribution in [0.15, 0.2) is 18.2 Å². The molecule has 1 saturated carbocycles. The summed E-state index contributed by atoms with van der Waals surface area (Å²) in [6.07, 6.45) is 3.71. The topological polar surface area (TPSA) is 49.4 Å². The summed E-state index contributed by atoms with van der Waals surface area (Å²) in [6, 6.07) is 4.00. The number of rotatable bonds is 3. The summed E-state index contributed by atoms with van der Waals surface area (Å²) < 4.78 is 13.3. The van der Waals surface area contributed by atoms with Gasteiger partial charge in [0.25, 0.3) is 0 Å². The molecule has 1 aromatic rings. The quantitative estimate of drug-likeness (QED) is 0.873. The molecule has 3 rings (SSSR count). The third-order valence-electron chi connectivity index (χ3n) is 4.46. The molecule has 1 aromatic carbocycles. The molecule has 1 saturated heterocycles. The minimum atomic E-state index is -0.383. The molecular formula is C15H16ClFN2O2. The van der Waals surface area contributed by atoms with Crippen molar-refractivity contribution in [2.75, 3.05) is 13.1 Å². The SMILES string of the molecule is O=C1CNC(=O)N1CC1(c2ccc(F)cc2Cl)CCCC1. The van der Waals surface area contributed by atoms with Crippen LogP contribution < -0.4 is 5.32 Å². The lowest BCUT2D eigenvalue weighted by Crippen LogP contribution is -2.43. The summed E-state index contributed by atoms with van der Waals surface area (Å²) in [5.41, 5.74) is 0.470. The van der Waals surface area contributed by atoms with Crippen molar-refractivity contribution in [3.63, 3.8) is 0 Å². The second-order valence-electron chi connectivity index (χ2n) is 5.75. The average molecular weight is 311 g/mol. The molecule has 1 aliphatic heterocycles. The zero-order valence-electron chi connectivity index (χ0n) is 11.5. The predicted molar refractivity (Wildman–Crippen MR) is 76.7 cm³/mol. The van der Waals surface area contributed by atoms with Gasteiger partial charge in [0.1, 0.15) is 5.82 Å². The summed E-state index contributed by atoms with van der Waals surface area (Å²) in [6.45, 7) is 0.356. The first-order valence-electron chi connectivity index (χ1n) is 7.06. The normalized spacial score (nSPS) is 21.0. The van der Waals surface area contributed by atoms with Gasteiger partial charge in [0, 0.05) is 17.0 Å². The largest absolute Gasteiger partial charge is 0.329 e. The molecule has 0 atom stereocenters. The lowest BCUT2D eigenvalue weighted by atomic mass is 9.78. The van der Waals surface area contributed by atoms with Crippen molar-refractivity contribution in [2.24, 2.45) is 0 Å². The van der Waals surface area contributed by atoms with Gasteiger partial charge in [-0.05, 0) is 30.5 Å². The predicted octanol–water partition coefficient (Wildman–Crippen LogP) is 2.84. The highest BCUT2D eigenvalue weighted by atomic mass is 35.5. The summed E-state index contributed by atoms with van der Waals surface area (Å²) >= 11 is 6.21. The molecule has 21 heavy (non-hydrogen) atoms. The monoisotopic (exact) mass is 310 g/mol. The fraction of sp³-hybridized carbons (Fsp3) is 0.467. The van der Waals surface area contributed by atoms with Crippen LogP contribution in [0.5, 0.6) is 0 Å². The standard InChI is InChI=1S/C15H16ClFN2O2/c16-12-7-10(17)3-4-11(12)15(5-1-2-6-15)9-19-13(20)8-18-14(19)21/h3-4,7H,1-2,5-6,8-9H2,(H,18,21). The Kier molecular flexibility index (Phi) is 3.61. The van der Waals surface area contributed by atoms with Crippen molar-refractivity contribution in [3.05, 3.63) is 34.6 Å². The van der Waals surface area contributed by atoms with Crippen LogP contribution in [0.2, 0.25) is 5.02 Å². The number of nitrogens with zero attached hydrogens (tertiary/aromatic N) is 1. The number of nitrogens with one attached hydrogen (secondary N) is 1. The first-order chi connectivity index (χ1) is 10.0. The van der Waals surface area contributed by atoms with Gasteiger partial charge in [-0.2, -0.15) is 0 Å². The molecule has 1 heterocycles. The Morgan fingerprint density at radius 3 is 2.57 bits per heavy atom. The number of urea groups is 1. The van der Waals surface area contributed by atoms with E-state index in [1.807, 2.05) is 0 Å². The number of carbonyl (C=O) groups is 2. The molecule has 2 aliphatic rings. The summed E-state index contributed by atoms with van der Waals surface area (Å²) in [5.74, 6) is -0.601. The Labute approximate surface area is 127 Å². The van der Waals surface area contributed by atoms with Crippen LogP contribution in [0, 0.1) is 5.82 Å². The highest BCUT2D eigenvalue weighted by Gasteiger charge is 2.42. The molecule has 1 aliphatic carbocycles. The van der Waals surface area contributed by atoms with Gasteiger partial charge in [-0.25, -0.2) is 9.18 Å². The average Bonchev–Trinajstić information content (AvgIpc) is 3.02. The maximum atomic E-state index is 13.3. The van der Waals surface area contributed by atoms with Crippen LogP contribution in [-0.2, 0) is 10.2 Å². The van der Waals surface area contributed by atoms with Gasteiger partial charge in [-0.1, -0.05) is 30.5 Å². The summed E-state index contributed by atoms with van der Waals surface area (Å²) in [7, 11) is 0. The minimum Gasteiger partial charge on any atom is -0.329 e. The van der Waals surface area contributed by atoms with E-state index in [9.17, 15) is 14.0 Å². The Balaban J connectivity index is 1.96. The highest BCUT2D eigenvalue weighted by molar-refractivity contribution is 6.31. The first-order valence-corrected chi connectivity index (χ1v) is 7.43. The van der Waals surface area contributed by atoms with Crippen LogP contribution >= 0.6 is 11.6 Å². The second kappa shape index (κ2) is 5.30. The summed E-state index contributed by atoms with van der Waals surface area (Å²) in [4.78, 5) is 24.9. The van der Waals surface area contributed by atoms with Gasteiger partial charge in [-0.3, -0.25) is 9.69 Å². The van der Waals surface area contributed by atoms with Crippen molar-refractivity contribution in [1.82, 2.24) is 10.2 Å². The number of benzene rings is 1. The van der Waals surface area contributed by atoms with E-state index in [1.54, 1.807) is 6.07 Å². The van der Waals surface area contributed by atoms with Crippen molar-refractivity contribution < 1.29 is 14.0 Å². The van der Waals surface area contributed by atoms with E-state index >= 15 is 0 Å². The van der Waals surface area contributed by atoms with E-state index in [-0.39, 0.29) is 29.7 Å². The number of carbonyl (C=O) groups excluding carboxylic acids is 2. The van der Waals surface area contributed by atoms with E-state index in [0.29, 0.717) is 11.6 Å². The number of hydrogen-bond acceptors (Lipinski definition) is 2. The van der Waals surface area contributed by atoms with Gasteiger partial charge in [-0.15, -0.1) is 0 Å². The van der Waals surface area contributed by atoms with Crippen LogP contribution in [0.3, 0.4) is 0 Å². The number of amides is 3. The van der Waals surface area contributed by atoms with Gasteiger partial charge in [0.2, 0.25) is 5.91 Å². The van der Waals surface area contributed by atoms with Gasteiger partial charge in [0.05, 0.1) is 6.54 Å². The van der Waals surface area contributed by atoms with E-state index in [2.05, 4.69) is 5.32 Å². The van der Waals surface area contributed by atoms with E-state index in [1.165, 1.54) is 17.0 Å². The van der Waals surface area contributed by atoms with E-state index in [0.717, 1.165) is 31.2 Å². The van der Waals surface area contributed by atoms with Gasteiger partial charge in [0.15, 0.2) is 0 Å². The Morgan fingerprint density at radius 2 is 2.00 bits per heavy atom. The zero-order chi connectivity index (χ0) is 15.0. The number of halogens is 2. The van der Waals surface area contributed by atoms with Crippen LogP contribution in [-0.4, -0.2) is 29.9 Å². The second-order valence-corrected chi connectivity index (χ2v) is 6.16. The third-order valence-corrected chi connectivity index (χ3v) is 4.77. The molecule has 3 amide bonds. The fourth-order valence-corrected chi connectivity index (χ4v) is 3.77. The molecule has 0 spiro atoms. The summed E-state index contributed by atoms with van der Waals surface area (Å²) in [5, 5.41) is 2.89. The first kappa shape index (κ1) is 14.3. The molecule has 0 aromatic heterocycles. The van der Waals surface area contributed by atoms with Crippen molar-refractivity contribution in [1.29, 1.82) is 0 Å². The van der Waals surface area contributed by atoms with Crippen molar-refractivity contribution in [2.45, 2.75) is 31.1 Å². The zero-order valence-corrected chi connectivity index (χ0v) is 12.3. The molecule has 0 unspecified atom stereocenters. The Bertz CT molecular complexity index is 583. The lowest BCUT2D eigenvalue weighted by Gasteiger charge is -2.33. The molecule has 0 bridgehead atoms. The molecule has 6 heteroatoms. The Hall–Kier alpha value is -1.62. The van der Waals surface area contributed by atoms with Crippen LogP contribution in [0.4, 0.5) is 9.18 Å². The molecule has 0 radical (unpaired) electrons. The molecule has 1 N–H and O–H groups in total. The molecule has 2 fully saturated rings. The maximum Gasteiger partial charge on any atom is 0.324 e. The highest BCUT2D eigenvalue weighted by Crippen LogP contribution is 2.44. The van der Waals surface area contributed by atoms with E-state index in [4.69, 9.17) is 11.6 Å². The Morgan fingerprint density at radius 1 is 1.29 bits per heavy atom. The molecule has 4 nitrogen and oxygen atoms in total. The van der Waals surface area contributed by atoms with Crippen molar-refractivity contribution in [3.8, 4) is 0 Å². The van der Waals surface area contributed by atoms with Crippen molar-refractivity contribution >= 4 is 23.5 Å². The number of hydrogen-bond donors (Lipinski definition) is 1. The molecule has 112 valence electrons. The van der Waals surface area contributed by atoms with E-state index < -0.39 is 0 Å². The third kappa shape index (κ3) is 2.50. The van der Waals surface area contributed by atoms with Gasteiger partial charge < -0.3 is 5.32 Å².